The molecule has 4 atom stereocenters. The van der Waals surface area contributed by atoms with Crippen molar-refractivity contribution in [1.82, 2.24) is 0 Å². The predicted molar refractivity (Wildman–Crippen MR) is 238 cm³/mol. The molecule has 11 rings (SSSR count). The lowest BCUT2D eigenvalue weighted by Crippen LogP contribution is -2.30. The topological polar surface area (TPSA) is 216 Å². The van der Waals surface area contributed by atoms with Crippen molar-refractivity contribution in [3.05, 3.63) is 149 Å². The zero-order chi connectivity index (χ0) is 42.2. The second kappa shape index (κ2) is 13.1. The van der Waals surface area contributed by atoms with Crippen molar-refractivity contribution >= 4 is 55.7 Å². The zero-order valence-electron chi connectivity index (χ0n) is 31.4. The first-order valence-corrected chi connectivity index (χ1v) is 20.4. The Kier molecular flexibility index (Phi) is 7.85. The van der Waals surface area contributed by atoms with Gasteiger partial charge >= 0.3 is 0 Å². The third kappa shape index (κ3) is 5.10. The van der Waals surface area contributed by atoms with E-state index < -0.39 is 73.6 Å². The fourth-order valence-electron chi connectivity index (χ4n) is 9.31. The molecule has 0 saturated heterocycles. The van der Waals surface area contributed by atoms with E-state index in [2.05, 4.69) is 40.8 Å². The van der Waals surface area contributed by atoms with Crippen molar-refractivity contribution < 1.29 is 50.7 Å². The van der Waals surface area contributed by atoms with Crippen molar-refractivity contribution in [3.63, 3.8) is 0 Å². The van der Waals surface area contributed by atoms with E-state index in [0.29, 0.717) is 28.0 Å². The number of halogens is 1. The van der Waals surface area contributed by atoms with E-state index in [4.69, 9.17) is 14.7 Å². The number of phenolic OH excluding ortho intramolecular Hbond substituents is 6. The molecule has 0 spiro atoms. The molecule has 0 radical (unpaired) electrons. The molecule has 7 aromatic rings. The summed E-state index contributed by atoms with van der Waals surface area (Å²) >= 11 is 2.15. The Morgan fingerprint density at radius 3 is 1.95 bits per heavy atom. The Labute approximate surface area is 359 Å². The van der Waals surface area contributed by atoms with Crippen LogP contribution in [0.2, 0.25) is 0 Å². The Bertz CT molecular complexity index is 3220. The number of nitrogens with zero attached hydrogens (tertiary/aromatic N) is 2. The number of aromatic hydroxyl groups is 6. The van der Waals surface area contributed by atoms with E-state index in [1.807, 2.05) is 78.9 Å². The van der Waals surface area contributed by atoms with Gasteiger partial charge in [-0.05, 0) is 73.1 Å². The fraction of sp³-hybridized carbons (Fsp3) is 0.0833. The molecule has 2 aliphatic carbocycles. The maximum atomic E-state index is 12.5. The SMILES string of the molecule is OC1=CC2c3c(c(-c4ccc5c6c(cccc46)-c4ccccc4-5)cc(O)c3C3N=C(c4c(O)c(O)c(O)c(O)c4O)N=C(c4ccc5ccccc5c4)C3I)OC2C(O)=C1O. The Balaban J connectivity index is 1.18. The predicted octanol–water partition coefficient (Wildman–Crippen LogP) is 9.96. The van der Waals surface area contributed by atoms with Crippen molar-refractivity contribution in [1.29, 1.82) is 0 Å². The van der Waals surface area contributed by atoms with Gasteiger partial charge in [-0.3, -0.25) is 4.99 Å². The highest BCUT2D eigenvalue weighted by molar-refractivity contribution is 14.1. The number of aliphatic hydroxyl groups excluding tert-OH is 3. The van der Waals surface area contributed by atoms with Crippen LogP contribution in [0.4, 0.5) is 0 Å². The van der Waals surface area contributed by atoms with Gasteiger partial charge in [-0.1, -0.05) is 114 Å². The molecule has 0 bridgehead atoms. The van der Waals surface area contributed by atoms with Crippen LogP contribution in [0.25, 0.3) is 54.9 Å². The van der Waals surface area contributed by atoms with Crippen molar-refractivity contribution in [2.24, 2.45) is 9.98 Å². The Hall–Kier alpha value is -7.39. The summed E-state index contributed by atoms with van der Waals surface area (Å²) in [7, 11) is 0. The van der Waals surface area contributed by atoms with Crippen LogP contribution in [0.1, 0.15) is 34.2 Å². The number of ether oxygens (including phenoxy) is 1. The van der Waals surface area contributed by atoms with Crippen LogP contribution < -0.4 is 4.74 Å². The molecule has 13 heteroatoms. The van der Waals surface area contributed by atoms with E-state index in [9.17, 15) is 46.0 Å². The van der Waals surface area contributed by atoms with Gasteiger partial charge in [-0.15, -0.1) is 0 Å². The van der Waals surface area contributed by atoms with Gasteiger partial charge in [-0.25, -0.2) is 4.99 Å². The van der Waals surface area contributed by atoms with Crippen LogP contribution in [0, 0.1) is 0 Å². The lowest BCUT2D eigenvalue weighted by atomic mass is 9.81. The molecular formula is C48H31IN2O10. The third-order valence-corrected chi connectivity index (χ3v) is 13.4. The summed E-state index contributed by atoms with van der Waals surface area (Å²) in [6.07, 6.45) is 0.114. The molecule has 0 saturated carbocycles. The number of fused-ring (bicyclic) bond motifs is 7. The third-order valence-electron chi connectivity index (χ3n) is 12.1. The van der Waals surface area contributed by atoms with Gasteiger partial charge in [0.25, 0.3) is 0 Å². The molecule has 7 aromatic carbocycles. The molecule has 2 heterocycles. The molecule has 9 N–H and O–H groups in total. The number of alkyl halides is 1. The molecular weight excluding hydrogens is 891 g/mol. The van der Waals surface area contributed by atoms with E-state index in [1.54, 1.807) is 6.07 Å². The summed E-state index contributed by atoms with van der Waals surface area (Å²) in [5.41, 5.74) is 6.34. The molecule has 4 aliphatic rings. The van der Waals surface area contributed by atoms with Gasteiger partial charge < -0.3 is 50.7 Å². The van der Waals surface area contributed by atoms with Gasteiger partial charge in [0.2, 0.25) is 17.2 Å². The van der Waals surface area contributed by atoms with Crippen LogP contribution in [0.3, 0.4) is 0 Å². The first kappa shape index (κ1) is 36.7. The molecule has 61 heavy (non-hydrogen) atoms. The van der Waals surface area contributed by atoms with Gasteiger partial charge in [0, 0.05) is 16.7 Å². The fourth-order valence-corrected chi connectivity index (χ4v) is 10.3. The molecule has 0 amide bonds. The lowest BCUT2D eigenvalue weighted by molar-refractivity contribution is 0.157. The van der Waals surface area contributed by atoms with Crippen LogP contribution in [-0.4, -0.2) is 67.5 Å². The highest BCUT2D eigenvalue weighted by Gasteiger charge is 2.48. The summed E-state index contributed by atoms with van der Waals surface area (Å²) < 4.78 is 5.89. The quantitative estimate of drug-likeness (QED) is 0.0352. The highest BCUT2D eigenvalue weighted by atomic mass is 127. The summed E-state index contributed by atoms with van der Waals surface area (Å²) in [5.74, 6) is -8.72. The monoisotopic (exact) mass is 922 g/mol. The number of rotatable bonds is 4. The maximum absolute atomic E-state index is 12.5. The summed E-state index contributed by atoms with van der Waals surface area (Å²) in [6, 6.07) is 31.9. The largest absolute Gasteiger partial charge is 0.508 e. The van der Waals surface area contributed by atoms with Gasteiger partial charge in [0.1, 0.15) is 17.1 Å². The minimum atomic E-state index is -1.22. The smallest absolute Gasteiger partial charge is 0.208 e. The molecule has 300 valence electrons. The van der Waals surface area contributed by atoms with Crippen molar-refractivity contribution in [2.45, 2.75) is 22.0 Å². The molecule has 12 nitrogen and oxygen atoms in total. The van der Waals surface area contributed by atoms with Crippen LogP contribution in [0.15, 0.2) is 136 Å². The zero-order valence-corrected chi connectivity index (χ0v) is 33.6. The molecule has 0 aromatic heterocycles. The molecule has 0 fully saturated rings. The standard InChI is InChI=1S/C48H31IN2O10/c49-36-37(21-13-12-19-6-1-2-7-20(19)16-21)50-48(35-40(55)42(57)44(59)43(58)41(35)56)51-38(36)34-30(52)17-28(46-33(34)29-18-31(53)39(54)45(60)47(29)61-46)24-14-15-27-23-9-4-3-8-22(23)25-10-5-11-26(24)32(25)27/h1-18,29,36,38,47,52-60H. The maximum Gasteiger partial charge on any atom is 0.208 e. The lowest BCUT2D eigenvalue weighted by Gasteiger charge is -2.30. The normalized spacial score (nSPS) is 19.9. The number of benzene rings is 7. The second-order valence-corrected chi connectivity index (χ2v) is 16.7. The van der Waals surface area contributed by atoms with E-state index in [1.165, 1.54) is 6.08 Å². The second-order valence-electron chi connectivity index (χ2n) is 15.4. The van der Waals surface area contributed by atoms with Crippen LogP contribution in [-0.2, 0) is 0 Å². The minimum absolute atomic E-state index is 0.180. The molecule has 2 aliphatic heterocycles. The van der Waals surface area contributed by atoms with E-state index in [-0.39, 0.29) is 22.9 Å². The number of phenols is 6. The van der Waals surface area contributed by atoms with Gasteiger partial charge in [0.05, 0.1) is 21.6 Å². The Morgan fingerprint density at radius 1 is 0.574 bits per heavy atom. The Morgan fingerprint density at radius 2 is 1.21 bits per heavy atom. The number of hydrogen-bond donors (Lipinski definition) is 9. The minimum Gasteiger partial charge on any atom is -0.508 e. The summed E-state index contributed by atoms with van der Waals surface area (Å²) in [6.45, 7) is 0. The van der Waals surface area contributed by atoms with E-state index >= 15 is 0 Å². The summed E-state index contributed by atoms with van der Waals surface area (Å²) in [5, 5.41) is 103. The number of aliphatic imine (C=N–C) groups is 2. The number of hydrogen-bond acceptors (Lipinski definition) is 12. The van der Waals surface area contributed by atoms with Crippen LogP contribution >= 0.6 is 22.6 Å². The number of aliphatic hydroxyl groups is 3. The van der Waals surface area contributed by atoms with Gasteiger partial charge in [-0.2, -0.15) is 0 Å². The first-order chi connectivity index (χ1) is 29.4. The summed E-state index contributed by atoms with van der Waals surface area (Å²) in [4.78, 5) is 9.67. The van der Waals surface area contributed by atoms with Crippen molar-refractivity contribution in [2.75, 3.05) is 0 Å². The highest BCUT2D eigenvalue weighted by Crippen LogP contribution is 2.59. The van der Waals surface area contributed by atoms with Gasteiger partial charge in [0.15, 0.2) is 40.7 Å². The average molecular weight is 923 g/mol. The van der Waals surface area contributed by atoms with Crippen molar-refractivity contribution in [3.8, 4) is 73.6 Å². The first-order valence-electron chi connectivity index (χ1n) is 19.2. The number of amidine groups is 1. The van der Waals surface area contributed by atoms with E-state index in [0.717, 1.165) is 43.8 Å². The molecule has 4 unspecified atom stereocenters. The van der Waals surface area contributed by atoms with Crippen LogP contribution in [0.5, 0.6) is 40.2 Å². The average Bonchev–Trinajstić information content (AvgIpc) is 3.81.